The third-order valence-electron chi connectivity index (χ3n) is 2.55. The van der Waals surface area contributed by atoms with Gasteiger partial charge in [-0.25, -0.2) is 4.79 Å². The molecule has 1 aliphatic rings. The van der Waals surface area contributed by atoms with Crippen molar-refractivity contribution in [2.75, 3.05) is 6.54 Å². The summed E-state index contributed by atoms with van der Waals surface area (Å²) < 4.78 is 0. The summed E-state index contributed by atoms with van der Waals surface area (Å²) in [5.41, 5.74) is 0.747. The first-order chi connectivity index (χ1) is 7.68. The summed E-state index contributed by atoms with van der Waals surface area (Å²) in [5, 5.41) is 14.1. The molecule has 92 valence electrons. The Morgan fingerprint density at radius 3 is 2.65 bits per heavy atom. The van der Waals surface area contributed by atoms with E-state index in [0.717, 1.165) is 5.56 Å². The molecule has 0 bridgehead atoms. The molecular weight excluding hydrogens is 226 g/mol. The van der Waals surface area contributed by atoms with Crippen molar-refractivity contribution >= 4 is 12.0 Å². The Morgan fingerprint density at radius 1 is 1.41 bits per heavy atom. The Labute approximate surface area is 97.2 Å². The van der Waals surface area contributed by atoms with Crippen LogP contribution in [0.3, 0.4) is 0 Å². The maximum atomic E-state index is 11.2. The zero-order valence-corrected chi connectivity index (χ0v) is 8.88. The smallest absolute Gasteiger partial charge is 0.315 e. The van der Waals surface area contributed by atoms with E-state index in [9.17, 15) is 9.59 Å². The standard InChI is InChI=1S/C10H11N3O3.H2O/c14-9(15)7-5-12-10(16)13-8(7)6-1-3-11-4-2-6;/h1-4,7-8H,5H2,(H,14,15)(H2,12,13,16);1H2. The minimum atomic E-state index is -0.936. The number of carbonyl (C=O) groups is 2. The molecule has 1 saturated heterocycles. The monoisotopic (exact) mass is 239 g/mol. The molecule has 2 rings (SSSR count). The first-order valence-electron chi connectivity index (χ1n) is 4.85. The Bertz CT molecular complexity index is 409. The summed E-state index contributed by atoms with van der Waals surface area (Å²) >= 11 is 0. The van der Waals surface area contributed by atoms with Crippen LogP contribution in [0, 0.1) is 5.92 Å². The molecule has 2 heterocycles. The van der Waals surface area contributed by atoms with Crippen LogP contribution in [-0.4, -0.2) is 34.1 Å². The van der Waals surface area contributed by atoms with E-state index in [2.05, 4.69) is 15.6 Å². The molecule has 1 aromatic rings. The number of aromatic nitrogens is 1. The minimum absolute atomic E-state index is 0. The number of carboxylic acid groups (broad SMARTS) is 1. The van der Waals surface area contributed by atoms with E-state index in [0.29, 0.717) is 0 Å². The highest BCUT2D eigenvalue weighted by Crippen LogP contribution is 2.23. The lowest BCUT2D eigenvalue weighted by atomic mass is 9.92. The zero-order valence-electron chi connectivity index (χ0n) is 8.88. The molecule has 2 atom stereocenters. The second-order valence-corrected chi connectivity index (χ2v) is 3.56. The topological polar surface area (TPSA) is 123 Å². The number of urea groups is 1. The zero-order chi connectivity index (χ0) is 11.5. The van der Waals surface area contributed by atoms with E-state index in [1.807, 2.05) is 0 Å². The summed E-state index contributed by atoms with van der Waals surface area (Å²) in [7, 11) is 0. The molecule has 0 radical (unpaired) electrons. The molecule has 2 amide bonds. The third-order valence-corrected chi connectivity index (χ3v) is 2.55. The molecule has 2 unspecified atom stereocenters. The molecule has 7 nitrogen and oxygen atoms in total. The Morgan fingerprint density at radius 2 is 2.06 bits per heavy atom. The fourth-order valence-electron chi connectivity index (χ4n) is 1.73. The molecule has 1 aromatic heterocycles. The van der Waals surface area contributed by atoms with Gasteiger partial charge < -0.3 is 21.2 Å². The van der Waals surface area contributed by atoms with Crippen molar-refractivity contribution in [3.8, 4) is 0 Å². The molecule has 0 aliphatic carbocycles. The second-order valence-electron chi connectivity index (χ2n) is 3.56. The van der Waals surface area contributed by atoms with Crippen molar-refractivity contribution in [3.63, 3.8) is 0 Å². The van der Waals surface area contributed by atoms with Crippen LogP contribution in [-0.2, 0) is 4.79 Å². The predicted octanol–water partition coefficient (Wildman–Crippen LogP) is -0.688. The average molecular weight is 239 g/mol. The van der Waals surface area contributed by atoms with E-state index in [1.54, 1.807) is 24.5 Å². The lowest BCUT2D eigenvalue weighted by Gasteiger charge is -2.30. The van der Waals surface area contributed by atoms with Gasteiger partial charge in [0.25, 0.3) is 0 Å². The van der Waals surface area contributed by atoms with Crippen molar-refractivity contribution < 1.29 is 20.2 Å². The number of carbonyl (C=O) groups excluding carboxylic acids is 1. The number of carboxylic acids is 1. The molecule has 1 fully saturated rings. The van der Waals surface area contributed by atoms with Crippen molar-refractivity contribution in [1.82, 2.24) is 15.6 Å². The highest BCUT2D eigenvalue weighted by molar-refractivity contribution is 5.80. The number of hydrogen-bond acceptors (Lipinski definition) is 3. The first-order valence-corrected chi connectivity index (χ1v) is 4.85. The number of pyridine rings is 1. The number of rotatable bonds is 2. The van der Waals surface area contributed by atoms with Gasteiger partial charge in [0, 0.05) is 18.9 Å². The first kappa shape index (κ1) is 12.9. The van der Waals surface area contributed by atoms with Gasteiger partial charge in [0.05, 0.1) is 12.0 Å². The second kappa shape index (κ2) is 5.26. The largest absolute Gasteiger partial charge is 0.481 e. The van der Waals surface area contributed by atoms with Gasteiger partial charge in [-0.05, 0) is 17.7 Å². The van der Waals surface area contributed by atoms with Gasteiger partial charge in [-0.2, -0.15) is 0 Å². The van der Waals surface area contributed by atoms with Crippen LogP contribution in [0.2, 0.25) is 0 Å². The summed E-state index contributed by atoms with van der Waals surface area (Å²) in [6.45, 7) is 0.133. The number of aliphatic carboxylic acids is 1. The van der Waals surface area contributed by atoms with E-state index < -0.39 is 17.9 Å². The van der Waals surface area contributed by atoms with Crippen molar-refractivity contribution in [1.29, 1.82) is 0 Å². The van der Waals surface area contributed by atoms with Crippen LogP contribution >= 0.6 is 0 Å². The number of hydrogen-bond donors (Lipinski definition) is 3. The number of nitrogens with zero attached hydrogens (tertiary/aromatic N) is 1. The van der Waals surface area contributed by atoms with Crippen LogP contribution in [0.4, 0.5) is 4.79 Å². The Hall–Kier alpha value is -2.15. The lowest BCUT2D eigenvalue weighted by Crippen LogP contribution is -2.52. The predicted molar refractivity (Wildman–Crippen MR) is 58.3 cm³/mol. The molecule has 7 heteroatoms. The van der Waals surface area contributed by atoms with E-state index >= 15 is 0 Å². The third kappa shape index (κ3) is 2.70. The van der Waals surface area contributed by atoms with Gasteiger partial charge >= 0.3 is 12.0 Å². The fraction of sp³-hybridized carbons (Fsp3) is 0.300. The van der Waals surface area contributed by atoms with Crippen molar-refractivity contribution in [2.45, 2.75) is 6.04 Å². The lowest BCUT2D eigenvalue weighted by molar-refractivity contribution is -0.142. The molecule has 5 N–H and O–H groups in total. The normalized spacial score (nSPS) is 22.9. The van der Waals surface area contributed by atoms with Crippen LogP contribution < -0.4 is 10.6 Å². The molecule has 0 spiro atoms. The maximum absolute atomic E-state index is 11.2. The van der Waals surface area contributed by atoms with Crippen LogP contribution in [0.5, 0.6) is 0 Å². The summed E-state index contributed by atoms with van der Waals surface area (Å²) in [6.07, 6.45) is 3.14. The van der Waals surface area contributed by atoms with Crippen LogP contribution in [0.1, 0.15) is 11.6 Å². The molecule has 0 saturated carbocycles. The van der Waals surface area contributed by atoms with Crippen LogP contribution in [0.15, 0.2) is 24.5 Å². The molecule has 17 heavy (non-hydrogen) atoms. The van der Waals surface area contributed by atoms with Gasteiger partial charge in [-0.3, -0.25) is 9.78 Å². The molecular formula is C10H13N3O4. The number of amides is 2. The van der Waals surface area contributed by atoms with E-state index in [-0.39, 0.29) is 18.1 Å². The summed E-state index contributed by atoms with van der Waals surface area (Å²) in [4.78, 5) is 26.1. The van der Waals surface area contributed by atoms with Gasteiger partial charge in [-0.15, -0.1) is 0 Å². The van der Waals surface area contributed by atoms with Gasteiger partial charge in [0.2, 0.25) is 0 Å². The minimum Gasteiger partial charge on any atom is -0.481 e. The summed E-state index contributed by atoms with van der Waals surface area (Å²) in [6, 6.07) is 2.55. The molecule has 1 aliphatic heterocycles. The Kier molecular flexibility index (Phi) is 4.00. The fourth-order valence-corrected chi connectivity index (χ4v) is 1.73. The highest BCUT2D eigenvalue weighted by atomic mass is 16.4. The van der Waals surface area contributed by atoms with Crippen LogP contribution in [0.25, 0.3) is 0 Å². The van der Waals surface area contributed by atoms with Gasteiger partial charge in [0.15, 0.2) is 0 Å². The quantitative estimate of drug-likeness (QED) is 0.632. The van der Waals surface area contributed by atoms with E-state index in [4.69, 9.17) is 5.11 Å². The van der Waals surface area contributed by atoms with E-state index in [1.165, 1.54) is 0 Å². The van der Waals surface area contributed by atoms with Gasteiger partial charge in [-0.1, -0.05) is 0 Å². The van der Waals surface area contributed by atoms with Gasteiger partial charge in [0.1, 0.15) is 0 Å². The maximum Gasteiger partial charge on any atom is 0.315 e. The average Bonchev–Trinajstić information content (AvgIpc) is 2.29. The number of nitrogens with one attached hydrogen (secondary N) is 2. The molecule has 0 aromatic carbocycles. The van der Waals surface area contributed by atoms with Crippen molar-refractivity contribution in [2.24, 2.45) is 5.92 Å². The Balaban J connectivity index is 0.00000144. The SMILES string of the molecule is O.O=C1NCC(C(=O)O)C(c2ccncc2)N1. The summed E-state index contributed by atoms with van der Waals surface area (Å²) in [5.74, 6) is -1.60. The highest BCUT2D eigenvalue weighted by Gasteiger charge is 2.34. The van der Waals surface area contributed by atoms with Crippen molar-refractivity contribution in [3.05, 3.63) is 30.1 Å².